The molecule has 0 aliphatic heterocycles. The molecule has 2 aliphatic rings. The van der Waals surface area contributed by atoms with Crippen molar-refractivity contribution in [1.29, 1.82) is 0 Å². The fraction of sp³-hybridized carbons (Fsp3) is 0.850. The lowest BCUT2D eigenvalue weighted by atomic mass is 9.85. The van der Waals surface area contributed by atoms with Gasteiger partial charge in [0.1, 0.15) is 6.54 Å². The Hall–Kier alpha value is -1.06. The van der Waals surface area contributed by atoms with Gasteiger partial charge in [-0.3, -0.25) is 9.59 Å². The van der Waals surface area contributed by atoms with Gasteiger partial charge in [0.15, 0.2) is 5.96 Å². The first-order valence-corrected chi connectivity index (χ1v) is 10.4. The number of aliphatic imine (C=N–C) groups is 1. The summed E-state index contributed by atoms with van der Waals surface area (Å²) >= 11 is 0. The minimum absolute atomic E-state index is 0. The van der Waals surface area contributed by atoms with E-state index in [9.17, 15) is 9.59 Å². The second-order valence-corrected chi connectivity index (χ2v) is 8.37. The molecule has 0 heterocycles. The van der Waals surface area contributed by atoms with Gasteiger partial charge in [0.25, 0.3) is 0 Å². The predicted molar refractivity (Wildman–Crippen MR) is 124 cm³/mol. The lowest BCUT2D eigenvalue weighted by molar-refractivity contribution is -0.134. The van der Waals surface area contributed by atoms with Crippen molar-refractivity contribution < 1.29 is 9.59 Å². The summed E-state index contributed by atoms with van der Waals surface area (Å²) in [4.78, 5) is 32.1. The SMILES string of the molecule is CN(C)C(=O)CN=C(NC1CCCCC1)NC1CCCC(C(=O)N(C)C)C1.I. The lowest BCUT2D eigenvalue weighted by Gasteiger charge is -2.33. The molecule has 0 aromatic rings. The molecule has 0 radical (unpaired) electrons. The van der Waals surface area contributed by atoms with Crippen LogP contribution < -0.4 is 10.6 Å². The highest BCUT2D eigenvalue weighted by Gasteiger charge is 2.29. The molecule has 0 saturated heterocycles. The van der Waals surface area contributed by atoms with E-state index >= 15 is 0 Å². The topological polar surface area (TPSA) is 77.0 Å². The van der Waals surface area contributed by atoms with Crippen molar-refractivity contribution in [1.82, 2.24) is 20.4 Å². The molecule has 2 atom stereocenters. The molecule has 0 aromatic carbocycles. The second kappa shape index (κ2) is 12.5. The van der Waals surface area contributed by atoms with Crippen LogP contribution in [-0.4, -0.2) is 74.4 Å². The number of carbonyl (C=O) groups is 2. The molecule has 7 nitrogen and oxygen atoms in total. The smallest absolute Gasteiger partial charge is 0.243 e. The summed E-state index contributed by atoms with van der Waals surface area (Å²) in [6.45, 7) is 0.141. The van der Waals surface area contributed by atoms with E-state index in [1.807, 2.05) is 14.1 Å². The van der Waals surface area contributed by atoms with Crippen molar-refractivity contribution in [3.05, 3.63) is 0 Å². The third kappa shape index (κ3) is 8.13. The Bertz CT molecular complexity index is 533. The Morgan fingerprint density at radius 1 is 0.857 bits per heavy atom. The van der Waals surface area contributed by atoms with Crippen LogP contribution in [0, 0.1) is 5.92 Å². The third-order valence-electron chi connectivity index (χ3n) is 5.62. The van der Waals surface area contributed by atoms with Gasteiger partial charge >= 0.3 is 0 Å². The number of likely N-dealkylation sites (N-methyl/N-ethyl adjacent to an activating group) is 1. The lowest BCUT2D eigenvalue weighted by Crippen LogP contribution is -2.50. The van der Waals surface area contributed by atoms with Crippen molar-refractivity contribution in [3.63, 3.8) is 0 Å². The average Bonchev–Trinajstić information content (AvgIpc) is 2.66. The molecule has 2 unspecified atom stereocenters. The van der Waals surface area contributed by atoms with E-state index in [-0.39, 0.29) is 54.3 Å². The number of carbonyl (C=O) groups excluding carboxylic acids is 2. The Balaban J connectivity index is 0.00000392. The Morgan fingerprint density at radius 3 is 2.07 bits per heavy atom. The maximum Gasteiger partial charge on any atom is 0.243 e. The van der Waals surface area contributed by atoms with Crippen LogP contribution in [-0.2, 0) is 9.59 Å². The molecule has 162 valence electrons. The van der Waals surface area contributed by atoms with Crippen molar-refractivity contribution >= 4 is 41.8 Å². The normalized spacial score (nSPS) is 23.4. The zero-order chi connectivity index (χ0) is 19.8. The molecule has 2 fully saturated rings. The maximum atomic E-state index is 12.3. The van der Waals surface area contributed by atoms with Crippen molar-refractivity contribution in [3.8, 4) is 0 Å². The predicted octanol–water partition coefficient (Wildman–Crippen LogP) is 2.21. The van der Waals surface area contributed by atoms with Crippen LogP contribution in [0.25, 0.3) is 0 Å². The van der Waals surface area contributed by atoms with Crippen molar-refractivity contribution in [2.75, 3.05) is 34.7 Å². The van der Waals surface area contributed by atoms with E-state index in [0.717, 1.165) is 44.5 Å². The first-order chi connectivity index (χ1) is 12.9. The van der Waals surface area contributed by atoms with E-state index in [1.165, 1.54) is 19.3 Å². The number of hydrogen-bond donors (Lipinski definition) is 2. The minimum atomic E-state index is -0.0101. The molecular formula is C20H38IN5O2. The highest BCUT2D eigenvalue weighted by molar-refractivity contribution is 14.0. The monoisotopic (exact) mass is 507 g/mol. The molecule has 0 bridgehead atoms. The number of nitrogens with one attached hydrogen (secondary N) is 2. The summed E-state index contributed by atoms with van der Waals surface area (Å²) in [6.07, 6.45) is 9.92. The summed E-state index contributed by atoms with van der Waals surface area (Å²) in [5, 5.41) is 7.06. The van der Waals surface area contributed by atoms with Gasteiger partial charge in [-0.05, 0) is 32.1 Å². The van der Waals surface area contributed by atoms with E-state index in [4.69, 9.17) is 0 Å². The summed E-state index contributed by atoms with van der Waals surface area (Å²) in [5.41, 5.74) is 0. The highest BCUT2D eigenvalue weighted by atomic mass is 127. The fourth-order valence-corrected chi connectivity index (χ4v) is 3.97. The number of nitrogens with zero attached hydrogens (tertiary/aromatic N) is 3. The molecule has 2 saturated carbocycles. The van der Waals surface area contributed by atoms with Crippen LogP contribution in [0.4, 0.5) is 0 Å². The molecule has 2 N–H and O–H groups in total. The van der Waals surface area contributed by atoms with Gasteiger partial charge in [0, 0.05) is 46.2 Å². The van der Waals surface area contributed by atoms with E-state index in [0.29, 0.717) is 6.04 Å². The summed E-state index contributed by atoms with van der Waals surface area (Å²) in [5.74, 6) is 0.998. The molecule has 2 rings (SSSR count). The van der Waals surface area contributed by atoms with Gasteiger partial charge in [0.05, 0.1) is 0 Å². The van der Waals surface area contributed by atoms with Gasteiger partial charge in [-0.2, -0.15) is 0 Å². The Morgan fingerprint density at radius 2 is 1.46 bits per heavy atom. The number of hydrogen-bond acceptors (Lipinski definition) is 3. The van der Waals surface area contributed by atoms with Crippen LogP contribution in [0.3, 0.4) is 0 Å². The van der Waals surface area contributed by atoms with Crippen molar-refractivity contribution in [2.24, 2.45) is 10.9 Å². The molecule has 2 amide bonds. The molecule has 0 spiro atoms. The highest BCUT2D eigenvalue weighted by Crippen LogP contribution is 2.25. The molecule has 2 aliphatic carbocycles. The first kappa shape index (κ1) is 25.0. The number of rotatable bonds is 5. The zero-order valence-corrected chi connectivity index (χ0v) is 20.2. The summed E-state index contributed by atoms with van der Waals surface area (Å²) in [7, 11) is 7.14. The number of amides is 2. The van der Waals surface area contributed by atoms with Gasteiger partial charge in [-0.15, -0.1) is 24.0 Å². The summed E-state index contributed by atoms with van der Waals surface area (Å²) in [6, 6.07) is 0.638. The standard InChI is InChI=1S/C20H37N5O2.HI/c1-24(2)18(26)14-21-20(22-16-10-6-5-7-11-16)23-17-12-8-9-15(13-17)19(27)25(3)4;/h15-17H,5-14H2,1-4H3,(H2,21,22,23);1H. The zero-order valence-electron chi connectivity index (χ0n) is 17.9. The second-order valence-electron chi connectivity index (χ2n) is 8.37. The number of guanidine groups is 1. The van der Waals surface area contributed by atoms with Crippen LogP contribution in [0.1, 0.15) is 57.8 Å². The van der Waals surface area contributed by atoms with Crippen LogP contribution in [0.15, 0.2) is 4.99 Å². The van der Waals surface area contributed by atoms with Gasteiger partial charge in [-0.1, -0.05) is 25.7 Å². The molecular weight excluding hydrogens is 469 g/mol. The van der Waals surface area contributed by atoms with Crippen LogP contribution in [0.5, 0.6) is 0 Å². The van der Waals surface area contributed by atoms with Crippen LogP contribution in [0.2, 0.25) is 0 Å². The molecule has 28 heavy (non-hydrogen) atoms. The first-order valence-electron chi connectivity index (χ1n) is 10.4. The quantitative estimate of drug-likeness (QED) is 0.340. The largest absolute Gasteiger partial charge is 0.354 e. The Kier molecular flexibility index (Phi) is 11.1. The van der Waals surface area contributed by atoms with Gasteiger partial charge < -0.3 is 20.4 Å². The number of halogens is 1. The van der Waals surface area contributed by atoms with E-state index in [1.54, 1.807) is 23.9 Å². The molecule has 8 heteroatoms. The van der Waals surface area contributed by atoms with Gasteiger partial charge in [0.2, 0.25) is 11.8 Å². The Labute approximate surface area is 187 Å². The van der Waals surface area contributed by atoms with Gasteiger partial charge in [-0.25, -0.2) is 4.99 Å². The average molecular weight is 507 g/mol. The minimum Gasteiger partial charge on any atom is -0.354 e. The maximum absolute atomic E-state index is 12.3. The van der Waals surface area contributed by atoms with E-state index < -0.39 is 0 Å². The summed E-state index contributed by atoms with van der Waals surface area (Å²) < 4.78 is 0. The van der Waals surface area contributed by atoms with Crippen LogP contribution >= 0.6 is 24.0 Å². The molecule has 0 aromatic heterocycles. The van der Waals surface area contributed by atoms with Crippen molar-refractivity contribution in [2.45, 2.75) is 69.9 Å². The van der Waals surface area contributed by atoms with E-state index in [2.05, 4.69) is 15.6 Å². The fourth-order valence-electron chi connectivity index (χ4n) is 3.97. The third-order valence-corrected chi connectivity index (χ3v) is 5.62.